The summed E-state index contributed by atoms with van der Waals surface area (Å²) in [5.74, 6) is 0.546. The van der Waals surface area contributed by atoms with Crippen LogP contribution in [0.1, 0.15) is 55.1 Å². The maximum Gasteiger partial charge on any atom is 0.303 e. The minimum absolute atomic E-state index is 0.0253. The van der Waals surface area contributed by atoms with Gasteiger partial charge in [0.15, 0.2) is 0 Å². The number of nitrogens with zero attached hydrogens (tertiary/aromatic N) is 3. The summed E-state index contributed by atoms with van der Waals surface area (Å²) in [4.78, 5) is 42.9. The number of carbonyl (C=O) groups excluding carboxylic acids is 2. The van der Waals surface area contributed by atoms with Gasteiger partial charge in [0.1, 0.15) is 11.5 Å². The van der Waals surface area contributed by atoms with E-state index in [2.05, 4.69) is 62.1 Å². The van der Waals surface area contributed by atoms with Crippen molar-refractivity contribution in [2.24, 2.45) is 5.92 Å². The molecule has 0 bridgehead atoms. The van der Waals surface area contributed by atoms with Gasteiger partial charge in [0.25, 0.3) is 5.91 Å². The Kier molecular flexibility index (Phi) is 8.28. The highest BCUT2D eigenvalue weighted by atomic mass is 16.5. The van der Waals surface area contributed by atoms with Gasteiger partial charge in [-0.3, -0.25) is 14.4 Å². The molecule has 2 aliphatic heterocycles. The lowest BCUT2D eigenvalue weighted by atomic mass is 9.84. The molecule has 41 heavy (non-hydrogen) atoms. The Morgan fingerprint density at radius 3 is 2.37 bits per heavy atom. The molecule has 0 saturated carbocycles. The van der Waals surface area contributed by atoms with Gasteiger partial charge in [0, 0.05) is 79.7 Å². The van der Waals surface area contributed by atoms with E-state index in [1.54, 1.807) is 9.80 Å². The zero-order valence-electron chi connectivity index (χ0n) is 23.9. The second-order valence-corrected chi connectivity index (χ2v) is 10.6. The van der Waals surface area contributed by atoms with Crippen LogP contribution < -0.4 is 9.64 Å². The molecule has 5 rings (SSSR count). The van der Waals surface area contributed by atoms with Gasteiger partial charge in [0.2, 0.25) is 5.91 Å². The molecular formula is C33H37N3O5. The first-order valence-corrected chi connectivity index (χ1v) is 14.4. The molecule has 1 fully saturated rings. The van der Waals surface area contributed by atoms with Crippen LogP contribution in [-0.2, 0) is 9.59 Å². The van der Waals surface area contributed by atoms with Gasteiger partial charge in [-0.15, -0.1) is 0 Å². The zero-order valence-corrected chi connectivity index (χ0v) is 23.9. The number of carboxylic acid groups (broad SMARTS) is 1. The Hall–Kier alpha value is -4.33. The van der Waals surface area contributed by atoms with Crippen molar-refractivity contribution in [2.45, 2.75) is 33.6 Å². The van der Waals surface area contributed by atoms with Crippen LogP contribution in [0.15, 0.2) is 72.0 Å². The highest BCUT2D eigenvalue weighted by molar-refractivity contribution is 6.03. The third-order valence-corrected chi connectivity index (χ3v) is 8.00. The lowest BCUT2D eigenvalue weighted by molar-refractivity contribution is -0.141. The van der Waals surface area contributed by atoms with E-state index in [0.29, 0.717) is 31.7 Å². The molecule has 8 nitrogen and oxygen atoms in total. The molecule has 214 valence electrons. The summed E-state index contributed by atoms with van der Waals surface area (Å²) < 4.78 is 6.48. The quantitative estimate of drug-likeness (QED) is 0.495. The minimum atomic E-state index is -0.988. The number of fused-ring (bicyclic) bond motifs is 2. The Bertz CT molecular complexity index is 1440. The number of piperazine rings is 1. The normalized spacial score (nSPS) is 17.8. The standard InChI is InChI=1S/C33H37N3O5/c1-4-34(5-2)23-11-13-27-29(21-23)41-28-20-22(3)10-12-26(28)32(27)24-8-6-7-9-25(24)33(40)36-18-16-35(17-19-36)30(37)14-15-31(38)39/h6-13,20-22H,4-5,14-19H2,1-3H3,(H,38,39). The van der Waals surface area contributed by atoms with Crippen LogP contribution in [0, 0.1) is 5.92 Å². The average Bonchev–Trinajstić information content (AvgIpc) is 2.99. The molecule has 1 saturated heterocycles. The summed E-state index contributed by atoms with van der Waals surface area (Å²) in [6.45, 7) is 9.74. The van der Waals surface area contributed by atoms with E-state index in [1.165, 1.54) is 0 Å². The molecule has 2 heterocycles. The molecule has 3 aliphatic rings. The lowest BCUT2D eigenvalue weighted by Crippen LogP contribution is -2.50. The van der Waals surface area contributed by atoms with Gasteiger partial charge in [-0.2, -0.15) is 0 Å². The Morgan fingerprint density at radius 2 is 1.66 bits per heavy atom. The van der Waals surface area contributed by atoms with Crippen LogP contribution in [0.5, 0.6) is 5.75 Å². The highest BCUT2D eigenvalue weighted by Gasteiger charge is 2.31. The lowest BCUT2D eigenvalue weighted by Gasteiger charge is -2.35. The fourth-order valence-corrected chi connectivity index (χ4v) is 5.74. The van der Waals surface area contributed by atoms with E-state index in [1.807, 2.05) is 24.3 Å². The molecule has 0 spiro atoms. The Morgan fingerprint density at radius 1 is 0.951 bits per heavy atom. The molecule has 1 atom stereocenters. The van der Waals surface area contributed by atoms with Gasteiger partial charge in [0.05, 0.1) is 6.42 Å². The van der Waals surface area contributed by atoms with Crippen LogP contribution in [0.3, 0.4) is 0 Å². The molecule has 8 heteroatoms. The third-order valence-electron chi connectivity index (χ3n) is 8.00. The molecule has 1 N–H and O–H groups in total. The molecule has 0 aromatic heterocycles. The topological polar surface area (TPSA) is 90.4 Å². The fraction of sp³-hybridized carbons (Fsp3) is 0.364. The number of hydrogen-bond acceptors (Lipinski definition) is 5. The SMILES string of the molecule is CCN(CC)c1ccc2c(c1)OC1=CC(C)C=CC1=C2c1ccccc1C(=O)N1CCN(C(=O)CCC(=O)O)CC1. The number of rotatable bonds is 8. The predicted octanol–water partition coefficient (Wildman–Crippen LogP) is 4.97. The summed E-state index contributed by atoms with van der Waals surface area (Å²) in [5, 5.41) is 8.90. The zero-order chi connectivity index (χ0) is 29.1. The number of anilines is 1. The van der Waals surface area contributed by atoms with Gasteiger partial charge in [-0.1, -0.05) is 37.3 Å². The first-order valence-electron chi connectivity index (χ1n) is 14.4. The number of allylic oxidation sites excluding steroid dienone is 3. The maximum atomic E-state index is 14.0. The van der Waals surface area contributed by atoms with E-state index < -0.39 is 5.97 Å². The monoisotopic (exact) mass is 555 g/mol. The number of carboxylic acids is 1. The van der Waals surface area contributed by atoms with Crippen LogP contribution in [-0.4, -0.2) is 72.0 Å². The number of amides is 2. The van der Waals surface area contributed by atoms with E-state index in [-0.39, 0.29) is 30.6 Å². The van der Waals surface area contributed by atoms with Crippen molar-refractivity contribution in [1.29, 1.82) is 0 Å². The number of aliphatic carboxylic acids is 1. The van der Waals surface area contributed by atoms with Gasteiger partial charge < -0.3 is 24.5 Å². The summed E-state index contributed by atoms with van der Waals surface area (Å²) in [7, 11) is 0. The van der Waals surface area contributed by atoms with E-state index in [0.717, 1.165) is 52.6 Å². The Balaban J connectivity index is 1.48. The third kappa shape index (κ3) is 5.78. The summed E-state index contributed by atoms with van der Waals surface area (Å²) in [6, 6.07) is 14.0. The van der Waals surface area contributed by atoms with E-state index >= 15 is 0 Å². The van der Waals surface area contributed by atoms with Crippen molar-refractivity contribution in [3.8, 4) is 5.75 Å². The molecule has 1 aliphatic carbocycles. The first kappa shape index (κ1) is 28.2. The fourth-order valence-electron chi connectivity index (χ4n) is 5.74. The van der Waals surface area contributed by atoms with Crippen LogP contribution in [0.25, 0.3) is 5.57 Å². The maximum absolute atomic E-state index is 14.0. The largest absolute Gasteiger partial charge is 0.481 e. The molecule has 1 unspecified atom stereocenters. The molecule has 0 radical (unpaired) electrons. The van der Waals surface area contributed by atoms with Crippen molar-refractivity contribution in [2.75, 3.05) is 44.2 Å². The molecule has 2 amide bonds. The average molecular weight is 556 g/mol. The summed E-state index contributed by atoms with van der Waals surface area (Å²) >= 11 is 0. The smallest absolute Gasteiger partial charge is 0.303 e. The van der Waals surface area contributed by atoms with Gasteiger partial charge >= 0.3 is 5.97 Å². The van der Waals surface area contributed by atoms with E-state index in [4.69, 9.17) is 9.84 Å². The highest BCUT2D eigenvalue weighted by Crippen LogP contribution is 2.45. The van der Waals surface area contributed by atoms with Gasteiger partial charge in [-0.25, -0.2) is 0 Å². The summed E-state index contributed by atoms with van der Waals surface area (Å²) in [6.07, 6.45) is 6.14. The van der Waals surface area contributed by atoms with Crippen LogP contribution >= 0.6 is 0 Å². The predicted molar refractivity (Wildman–Crippen MR) is 159 cm³/mol. The van der Waals surface area contributed by atoms with Crippen molar-refractivity contribution >= 4 is 29.0 Å². The van der Waals surface area contributed by atoms with Crippen molar-refractivity contribution in [3.63, 3.8) is 0 Å². The Labute approximate surface area is 241 Å². The van der Waals surface area contributed by atoms with Crippen molar-refractivity contribution in [1.82, 2.24) is 9.80 Å². The van der Waals surface area contributed by atoms with Crippen LogP contribution in [0.4, 0.5) is 5.69 Å². The van der Waals surface area contributed by atoms with E-state index in [9.17, 15) is 14.4 Å². The number of hydrogen-bond donors (Lipinski definition) is 1. The summed E-state index contributed by atoms with van der Waals surface area (Å²) in [5.41, 5.74) is 5.42. The van der Waals surface area contributed by atoms with Crippen molar-refractivity contribution < 1.29 is 24.2 Å². The second-order valence-electron chi connectivity index (χ2n) is 10.6. The number of carbonyl (C=O) groups is 3. The van der Waals surface area contributed by atoms with Crippen LogP contribution in [0.2, 0.25) is 0 Å². The minimum Gasteiger partial charge on any atom is -0.481 e. The molecule has 2 aromatic carbocycles. The second kappa shape index (κ2) is 12.0. The van der Waals surface area contributed by atoms with Gasteiger partial charge in [-0.05, 0) is 49.6 Å². The number of benzene rings is 2. The molecule has 2 aromatic rings. The van der Waals surface area contributed by atoms with Crippen molar-refractivity contribution in [3.05, 3.63) is 88.7 Å². The number of ether oxygens (including phenoxy) is 1. The molecular weight excluding hydrogens is 518 g/mol. The first-order chi connectivity index (χ1) is 19.8.